The molecular weight excluding hydrogens is 168 g/mol. The zero-order valence-corrected chi connectivity index (χ0v) is 8.66. The van der Waals surface area contributed by atoms with Crippen molar-refractivity contribution in [2.24, 2.45) is 0 Å². The molecule has 0 radical (unpaired) electrons. The van der Waals surface area contributed by atoms with Crippen molar-refractivity contribution < 1.29 is 0 Å². The molecule has 1 aromatic rings. The van der Waals surface area contributed by atoms with Crippen LogP contribution in [0.2, 0.25) is 0 Å². The lowest BCUT2D eigenvalue weighted by molar-refractivity contribution is 1.16. The molecule has 0 aliphatic rings. The quantitative estimate of drug-likeness (QED) is 0.614. The second-order valence-electron chi connectivity index (χ2n) is 3.24. The van der Waals surface area contributed by atoms with E-state index < -0.39 is 0 Å². The van der Waals surface area contributed by atoms with Crippen LogP contribution < -0.4 is 0 Å². The molecule has 0 heteroatoms. The van der Waals surface area contributed by atoms with Gasteiger partial charge in [0.1, 0.15) is 0 Å². The lowest BCUT2D eigenvalue weighted by atomic mass is 10.1. The highest BCUT2D eigenvalue weighted by molar-refractivity contribution is 5.72. The van der Waals surface area contributed by atoms with Gasteiger partial charge in [-0.25, -0.2) is 0 Å². The van der Waals surface area contributed by atoms with Crippen LogP contribution in [-0.2, 0) is 0 Å². The monoisotopic (exact) mass is 184 g/mol. The summed E-state index contributed by atoms with van der Waals surface area (Å²) in [5.41, 5.74) is 3.31. The van der Waals surface area contributed by atoms with Gasteiger partial charge in [0.2, 0.25) is 0 Å². The van der Waals surface area contributed by atoms with Gasteiger partial charge in [-0.3, -0.25) is 0 Å². The first kappa shape index (κ1) is 10.5. The molecule has 0 atom stereocenters. The van der Waals surface area contributed by atoms with Crippen molar-refractivity contribution in [2.45, 2.75) is 13.3 Å². The van der Waals surface area contributed by atoms with Crippen LogP contribution in [0.1, 0.15) is 18.9 Å². The van der Waals surface area contributed by atoms with E-state index in [1.807, 2.05) is 30.4 Å². The number of rotatable bonds is 4. The third kappa shape index (κ3) is 3.06. The van der Waals surface area contributed by atoms with Gasteiger partial charge in [0.25, 0.3) is 0 Å². The fourth-order valence-corrected chi connectivity index (χ4v) is 1.08. The second-order valence-corrected chi connectivity index (χ2v) is 3.24. The molecular formula is C14H16. The molecule has 72 valence electrons. The zero-order chi connectivity index (χ0) is 10.4. The maximum atomic E-state index is 4.00. The van der Waals surface area contributed by atoms with Gasteiger partial charge >= 0.3 is 0 Å². The maximum Gasteiger partial charge on any atom is -0.0190 e. The van der Waals surface area contributed by atoms with E-state index in [2.05, 4.69) is 32.2 Å². The van der Waals surface area contributed by atoms with Crippen molar-refractivity contribution >= 4 is 5.57 Å². The van der Waals surface area contributed by atoms with Crippen LogP contribution in [0.4, 0.5) is 0 Å². The lowest BCUT2D eigenvalue weighted by Gasteiger charge is -1.99. The smallest absolute Gasteiger partial charge is 0.0190 e. The summed E-state index contributed by atoms with van der Waals surface area (Å²) >= 11 is 0. The Bertz CT molecular complexity index is 342. The third-order valence-corrected chi connectivity index (χ3v) is 2.12. The van der Waals surface area contributed by atoms with Crippen LogP contribution in [0, 0.1) is 0 Å². The minimum Gasteiger partial charge on any atom is -0.0958 e. The molecule has 0 bridgehead atoms. The number of allylic oxidation sites excluding steroid dienone is 4. The summed E-state index contributed by atoms with van der Waals surface area (Å²) in [6.07, 6.45) is 5.02. The summed E-state index contributed by atoms with van der Waals surface area (Å²) in [5.74, 6) is 0. The molecule has 0 saturated carbocycles. The average molecular weight is 184 g/mol. The van der Waals surface area contributed by atoms with Gasteiger partial charge in [0.15, 0.2) is 0 Å². The largest absolute Gasteiger partial charge is 0.0958 e. The first-order chi connectivity index (χ1) is 6.74. The van der Waals surface area contributed by atoms with Gasteiger partial charge in [-0.1, -0.05) is 68.1 Å². The fraction of sp³-hybridized carbons (Fsp3) is 0.143. The summed E-state index contributed by atoms with van der Waals surface area (Å²) in [4.78, 5) is 0. The molecule has 0 aliphatic carbocycles. The molecule has 0 amide bonds. The first-order valence-corrected chi connectivity index (χ1v) is 4.84. The van der Waals surface area contributed by atoms with Gasteiger partial charge in [-0.05, 0) is 17.6 Å². The van der Waals surface area contributed by atoms with E-state index in [1.54, 1.807) is 0 Å². The molecule has 0 nitrogen and oxygen atoms in total. The fourth-order valence-electron chi connectivity index (χ4n) is 1.08. The first-order valence-electron chi connectivity index (χ1n) is 4.84. The number of benzene rings is 1. The highest BCUT2D eigenvalue weighted by Crippen LogP contribution is 2.13. The molecule has 0 heterocycles. The van der Waals surface area contributed by atoms with Crippen molar-refractivity contribution in [3.63, 3.8) is 0 Å². The minimum absolute atomic E-state index is 0.985. The van der Waals surface area contributed by atoms with Crippen LogP contribution in [0.15, 0.2) is 61.2 Å². The van der Waals surface area contributed by atoms with E-state index >= 15 is 0 Å². The predicted molar refractivity (Wildman–Crippen MR) is 64.0 cm³/mol. The Morgan fingerprint density at radius 3 is 2.36 bits per heavy atom. The Kier molecular flexibility index (Phi) is 3.93. The Labute approximate surface area is 86.3 Å². The molecule has 1 rings (SSSR count). The summed E-state index contributed by atoms with van der Waals surface area (Å²) in [5, 5.41) is 0. The molecule has 14 heavy (non-hydrogen) atoms. The maximum absolute atomic E-state index is 4.00. The normalized spacial score (nSPS) is 10.4. The minimum atomic E-state index is 0.985. The number of hydrogen-bond donors (Lipinski definition) is 0. The van der Waals surface area contributed by atoms with Crippen molar-refractivity contribution in [2.75, 3.05) is 0 Å². The van der Waals surface area contributed by atoms with E-state index in [4.69, 9.17) is 0 Å². The Balaban J connectivity index is 2.69. The van der Waals surface area contributed by atoms with Crippen LogP contribution >= 0.6 is 0 Å². The lowest BCUT2D eigenvalue weighted by Crippen LogP contribution is -1.77. The van der Waals surface area contributed by atoms with E-state index in [1.165, 1.54) is 0 Å². The van der Waals surface area contributed by atoms with Crippen LogP contribution in [0.3, 0.4) is 0 Å². The Morgan fingerprint density at radius 2 is 1.79 bits per heavy atom. The van der Waals surface area contributed by atoms with E-state index in [0.29, 0.717) is 0 Å². The van der Waals surface area contributed by atoms with Gasteiger partial charge in [-0.15, -0.1) is 0 Å². The van der Waals surface area contributed by atoms with E-state index in [9.17, 15) is 0 Å². The summed E-state index contributed by atoms with van der Waals surface area (Å²) in [7, 11) is 0. The molecule has 0 fully saturated rings. The highest BCUT2D eigenvalue weighted by Gasteiger charge is 1.92. The molecule has 0 unspecified atom stereocenters. The summed E-state index contributed by atoms with van der Waals surface area (Å²) in [6.45, 7) is 10.0. The molecule has 1 aromatic carbocycles. The van der Waals surface area contributed by atoms with Crippen molar-refractivity contribution in [3.8, 4) is 0 Å². The average Bonchev–Trinajstić information content (AvgIpc) is 2.26. The van der Waals surface area contributed by atoms with E-state index in [-0.39, 0.29) is 0 Å². The molecule has 0 saturated heterocycles. The Hall–Kier alpha value is -1.56. The second kappa shape index (κ2) is 5.23. The van der Waals surface area contributed by atoms with Crippen molar-refractivity contribution in [1.82, 2.24) is 0 Å². The van der Waals surface area contributed by atoms with Crippen LogP contribution in [-0.4, -0.2) is 0 Å². The van der Waals surface area contributed by atoms with Crippen LogP contribution in [0.25, 0.3) is 5.57 Å². The van der Waals surface area contributed by atoms with Crippen molar-refractivity contribution in [3.05, 3.63) is 66.8 Å². The number of hydrogen-bond acceptors (Lipinski definition) is 0. The molecule has 0 aromatic heterocycles. The Morgan fingerprint density at radius 1 is 1.14 bits per heavy atom. The summed E-state index contributed by atoms with van der Waals surface area (Å²) < 4.78 is 0. The van der Waals surface area contributed by atoms with Crippen molar-refractivity contribution in [1.29, 1.82) is 0 Å². The van der Waals surface area contributed by atoms with Gasteiger partial charge in [0, 0.05) is 0 Å². The predicted octanol–water partition coefficient (Wildman–Crippen LogP) is 4.22. The molecule has 0 aliphatic heterocycles. The summed E-state index contributed by atoms with van der Waals surface area (Å²) in [6, 6.07) is 10.2. The van der Waals surface area contributed by atoms with Gasteiger partial charge in [0.05, 0.1) is 0 Å². The van der Waals surface area contributed by atoms with Gasteiger partial charge < -0.3 is 0 Å². The van der Waals surface area contributed by atoms with Crippen LogP contribution in [0.5, 0.6) is 0 Å². The van der Waals surface area contributed by atoms with E-state index in [0.717, 1.165) is 23.1 Å². The zero-order valence-electron chi connectivity index (χ0n) is 8.66. The molecule has 0 N–H and O–H groups in total. The standard InChI is InChI=1S/C14H16/c1-4-12(2)10-11-13(3)14-8-6-5-7-9-14/h5-11H,2-4H2,1H3/b11-10-. The highest BCUT2D eigenvalue weighted by atomic mass is 14.0. The SMILES string of the molecule is C=C(/C=C\C(=C)c1ccccc1)CC. The van der Waals surface area contributed by atoms with Gasteiger partial charge in [-0.2, -0.15) is 0 Å². The topological polar surface area (TPSA) is 0 Å². The molecule has 0 spiro atoms. The third-order valence-electron chi connectivity index (χ3n) is 2.12.